The van der Waals surface area contributed by atoms with Crippen molar-refractivity contribution in [2.24, 2.45) is 0 Å². The fourth-order valence-corrected chi connectivity index (χ4v) is 4.24. The Hall–Kier alpha value is -2.86. The number of carbonyl (C=O) groups is 2. The van der Waals surface area contributed by atoms with Crippen LogP contribution in [-0.4, -0.2) is 44.6 Å². The zero-order chi connectivity index (χ0) is 20.9. The third-order valence-corrected chi connectivity index (χ3v) is 5.91. The maximum atomic E-state index is 12.6. The highest BCUT2D eigenvalue weighted by Gasteiger charge is 2.26. The topological polar surface area (TPSA) is 63.1 Å². The molecule has 1 saturated heterocycles. The lowest BCUT2D eigenvalue weighted by atomic mass is 10.1. The summed E-state index contributed by atoms with van der Waals surface area (Å²) in [5.41, 5.74) is 3.41. The van der Waals surface area contributed by atoms with Crippen LogP contribution in [0.3, 0.4) is 0 Å². The molecule has 0 spiro atoms. The molecule has 0 bridgehead atoms. The van der Waals surface area contributed by atoms with E-state index in [1.54, 1.807) is 9.80 Å². The van der Waals surface area contributed by atoms with Crippen LogP contribution < -0.4 is 19.9 Å². The first-order chi connectivity index (χ1) is 14.6. The lowest BCUT2D eigenvalue weighted by Crippen LogP contribution is -3.13. The second-order valence-electron chi connectivity index (χ2n) is 8.26. The van der Waals surface area contributed by atoms with Crippen LogP contribution in [0.15, 0.2) is 42.5 Å². The maximum absolute atomic E-state index is 12.6. The molecule has 2 aliphatic rings. The first kappa shape index (κ1) is 20.4. The Balaban J connectivity index is 1.40. The van der Waals surface area contributed by atoms with Gasteiger partial charge in [0.25, 0.3) is 11.8 Å². The molecule has 0 atom stereocenters. The van der Waals surface area contributed by atoms with Gasteiger partial charge in [0.1, 0.15) is 5.75 Å². The Morgan fingerprint density at radius 3 is 2.80 bits per heavy atom. The molecular formula is C24H30N3O3+. The van der Waals surface area contributed by atoms with Crippen molar-refractivity contribution in [3.63, 3.8) is 0 Å². The molecule has 0 saturated carbocycles. The van der Waals surface area contributed by atoms with Crippen LogP contribution in [0.25, 0.3) is 0 Å². The molecule has 0 radical (unpaired) electrons. The van der Waals surface area contributed by atoms with E-state index in [0.29, 0.717) is 24.4 Å². The number of amides is 2. The van der Waals surface area contributed by atoms with Crippen LogP contribution in [0, 0.1) is 6.92 Å². The number of carbonyl (C=O) groups excluding carboxylic acids is 2. The predicted molar refractivity (Wildman–Crippen MR) is 116 cm³/mol. The van der Waals surface area contributed by atoms with Crippen molar-refractivity contribution >= 4 is 17.5 Å². The van der Waals surface area contributed by atoms with Crippen molar-refractivity contribution in [3.8, 4) is 5.75 Å². The van der Waals surface area contributed by atoms with Gasteiger partial charge in [0.2, 0.25) is 0 Å². The Bertz CT molecular complexity index is 922. The highest BCUT2D eigenvalue weighted by molar-refractivity contribution is 5.98. The molecule has 0 aliphatic carbocycles. The minimum absolute atomic E-state index is 0.0368. The van der Waals surface area contributed by atoms with Gasteiger partial charge in [-0.1, -0.05) is 18.2 Å². The Kier molecular flexibility index (Phi) is 6.33. The number of quaternary nitrogens is 1. The lowest BCUT2D eigenvalue weighted by molar-refractivity contribution is -0.903. The van der Waals surface area contributed by atoms with Gasteiger partial charge in [-0.2, -0.15) is 0 Å². The molecule has 158 valence electrons. The van der Waals surface area contributed by atoms with Crippen molar-refractivity contribution in [3.05, 3.63) is 59.2 Å². The first-order valence-electron chi connectivity index (χ1n) is 10.8. The number of hydrogen-bond acceptors (Lipinski definition) is 3. The summed E-state index contributed by atoms with van der Waals surface area (Å²) in [5, 5.41) is 3.05. The molecule has 0 aromatic heterocycles. The fraction of sp³-hybridized carbons (Fsp3) is 0.417. The first-order valence-corrected chi connectivity index (χ1v) is 10.8. The summed E-state index contributed by atoms with van der Waals surface area (Å²) >= 11 is 0. The van der Waals surface area contributed by atoms with Crippen molar-refractivity contribution in [1.29, 1.82) is 0 Å². The van der Waals surface area contributed by atoms with Gasteiger partial charge in [-0.05, 0) is 61.6 Å². The average Bonchev–Trinajstić information content (AvgIpc) is 2.77. The summed E-state index contributed by atoms with van der Waals surface area (Å²) in [5.74, 6) is 0.583. The molecule has 4 rings (SSSR count). The number of piperidine rings is 1. The van der Waals surface area contributed by atoms with E-state index in [1.165, 1.54) is 32.4 Å². The van der Waals surface area contributed by atoms with Crippen molar-refractivity contribution in [2.75, 3.05) is 37.7 Å². The lowest BCUT2D eigenvalue weighted by Gasteiger charge is -2.30. The van der Waals surface area contributed by atoms with Gasteiger partial charge in [-0.15, -0.1) is 0 Å². The van der Waals surface area contributed by atoms with Gasteiger partial charge in [0.15, 0.2) is 6.61 Å². The minimum atomic E-state index is -0.0764. The predicted octanol–water partition coefficient (Wildman–Crippen LogP) is 1.72. The largest absolute Gasteiger partial charge is 0.482 e. The van der Waals surface area contributed by atoms with Gasteiger partial charge in [-0.3, -0.25) is 9.59 Å². The molecule has 2 aromatic carbocycles. The van der Waals surface area contributed by atoms with E-state index >= 15 is 0 Å². The molecule has 30 heavy (non-hydrogen) atoms. The Morgan fingerprint density at radius 1 is 1.13 bits per heavy atom. The van der Waals surface area contributed by atoms with Crippen LogP contribution in [0.4, 0.5) is 5.69 Å². The molecule has 6 heteroatoms. The highest BCUT2D eigenvalue weighted by Crippen LogP contribution is 2.33. The molecule has 2 amide bonds. The van der Waals surface area contributed by atoms with Crippen molar-refractivity contribution in [1.82, 2.24) is 5.32 Å². The van der Waals surface area contributed by atoms with Crippen LogP contribution >= 0.6 is 0 Å². The molecule has 0 unspecified atom stereocenters. The zero-order valence-electron chi connectivity index (χ0n) is 17.6. The fourth-order valence-electron chi connectivity index (χ4n) is 4.24. The van der Waals surface area contributed by atoms with Gasteiger partial charge in [0.05, 0.1) is 38.4 Å². The normalized spacial score (nSPS) is 16.7. The Labute approximate surface area is 177 Å². The number of benzene rings is 2. The number of nitrogens with one attached hydrogen (secondary N) is 2. The third-order valence-electron chi connectivity index (χ3n) is 5.91. The molecule has 1 fully saturated rings. The van der Waals surface area contributed by atoms with Crippen molar-refractivity contribution < 1.29 is 19.2 Å². The smallest absolute Gasteiger partial charge is 0.265 e. The van der Waals surface area contributed by atoms with Gasteiger partial charge < -0.3 is 19.9 Å². The summed E-state index contributed by atoms with van der Waals surface area (Å²) in [7, 11) is 0. The number of rotatable bonds is 6. The van der Waals surface area contributed by atoms with Gasteiger partial charge >= 0.3 is 0 Å². The van der Waals surface area contributed by atoms with E-state index in [2.05, 4.69) is 5.32 Å². The van der Waals surface area contributed by atoms with E-state index < -0.39 is 0 Å². The van der Waals surface area contributed by atoms with E-state index in [9.17, 15) is 9.59 Å². The van der Waals surface area contributed by atoms with Crippen LogP contribution in [0.2, 0.25) is 0 Å². The van der Waals surface area contributed by atoms with E-state index in [-0.39, 0.29) is 18.4 Å². The number of aryl methyl sites for hydroxylation is 1. The quantitative estimate of drug-likeness (QED) is 0.765. The van der Waals surface area contributed by atoms with Gasteiger partial charge in [-0.25, -0.2) is 0 Å². The van der Waals surface area contributed by atoms with E-state index in [4.69, 9.17) is 4.74 Å². The molecule has 2 aromatic rings. The van der Waals surface area contributed by atoms with Crippen LogP contribution in [0.5, 0.6) is 5.75 Å². The Morgan fingerprint density at radius 2 is 1.97 bits per heavy atom. The third kappa shape index (κ3) is 4.82. The minimum Gasteiger partial charge on any atom is -0.482 e. The van der Waals surface area contributed by atoms with Crippen LogP contribution in [0.1, 0.15) is 40.7 Å². The molecule has 2 heterocycles. The number of anilines is 1. The van der Waals surface area contributed by atoms with Crippen molar-refractivity contribution in [2.45, 2.75) is 32.7 Å². The summed E-state index contributed by atoms with van der Waals surface area (Å²) in [6.45, 7) is 6.53. The summed E-state index contributed by atoms with van der Waals surface area (Å²) < 4.78 is 5.56. The number of hydrogen-bond donors (Lipinski definition) is 2. The average molecular weight is 409 g/mol. The summed E-state index contributed by atoms with van der Waals surface area (Å²) in [6.07, 6.45) is 3.90. The van der Waals surface area contributed by atoms with E-state index in [0.717, 1.165) is 23.4 Å². The molecular weight excluding hydrogens is 378 g/mol. The maximum Gasteiger partial charge on any atom is 0.265 e. The second kappa shape index (κ2) is 9.30. The monoisotopic (exact) mass is 408 g/mol. The molecule has 2 aliphatic heterocycles. The van der Waals surface area contributed by atoms with E-state index in [1.807, 2.05) is 49.4 Å². The standard InChI is InChI=1S/C24H29N3O3/c1-18-8-9-22-21(14-18)27(23(28)17-30-22)16-19-6-5-7-20(15-19)24(29)25-10-13-26-11-3-2-4-12-26/h5-9,14-15H,2-4,10-13,16-17H2,1H3,(H,25,29)/p+1. The molecule has 6 nitrogen and oxygen atoms in total. The number of likely N-dealkylation sites (tertiary alicyclic amines) is 1. The van der Waals surface area contributed by atoms with Gasteiger partial charge in [0, 0.05) is 5.56 Å². The number of ether oxygens (including phenoxy) is 1. The highest BCUT2D eigenvalue weighted by atomic mass is 16.5. The van der Waals surface area contributed by atoms with Crippen LogP contribution in [-0.2, 0) is 11.3 Å². The molecule has 2 N–H and O–H groups in total. The second-order valence-corrected chi connectivity index (χ2v) is 8.26. The number of fused-ring (bicyclic) bond motifs is 1. The summed E-state index contributed by atoms with van der Waals surface area (Å²) in [4.78, 5) is 28.4. The zero-order valence-corrected chi connectivity index (χ0v) is 17.6. The number of nitrogens with zero attached hydrogens (tertiary/aromatic N) is 1. The summed E-state index contributed by atoms with van der Waals surface area (Å²) in [6, 6.07) is 13.4. The SMILES string of the molecule is Cc1ccc2c(c1)N(Cc1cccc(C(=O)NCC[NH+]3CCCCC3)c1)C(=O)CO2.